The molecule has 1 saturated carbocycles. The fraction of sp³-hybridized carbons (Fsp3) is 0.643. The van der Waals surface area contributed by atoms with Crippen LogP contribution in [0.4, 0.5) is 5.82 Å². The van der Waals surface area contributed by atoms with Crippen LogP contribution < -0.4 is 5.32 Å². The Labute approximate surface area is 112 Å². The van der Waals surface area contributed by atoms with Crippen molar-refractivity contribution in [2.75, 3.05) is 5.32 Å². The summed E-state index contributed by atoms with van der Waals surface area (Å²) in [6.45, 7) is 6.76. The third-order valence-corrected chi connectivity index (χ3v) is 4.96. The average Bonchev–Trinajstić information content (AvgIpc) is 2.65. The smallest absolute Gasteiger partial charge is 0.126 e. The molecule has 17 heavy (non-hydrogen) atoms. The molecule has 1 aromatic rings. The Bertz CT molecular complexity index is 392. The number of pyridine rings is 1. The SMILES string of the molecule is CCC1CCC(Nc2cc(C)c(Br)cn2)C1C. The van der Waals surface area contributed by atoms with Crippen molar-refractivity contribution in [2.24, 2.45) is 11.8 Å². The van der Waals surface area contributed by atoms with E-state index in [1.807, 2.05) is 6.20 Å². The van der Waals surface area contributed by atoms with Gasteiger partial charge in [0.15, 0.2) is 0 Å². The topological polar surface area (TPSA) is 24.9 Å². The number of hydrogen-bond acceptors (Lipinski definition) is 2. The van der Waals surface area contributed by atoms with Crippen molar-refractivity contribution >= 4 is 21.7 Å². The summed E-state index contributed by atoms with van der Waals surface area (Å²) in [6, 6.07) is 2.71. The number of nitrogens with one attached hydrogen (secondary N) is 1. The standard InChI is InChI=1S/C14H21BrN2/c1-4-11-5-6-13(10(11)3)17-14-7-9(2)12(15)8-16-14/h7-8,10-11,13H,4-6H2,1-3H3,(H,16,17). The molecule has 0 spiro atoms. The van der Waals surface area contributed by atoms with E-state index in [-0.39, 0.29) is 0 Å². The van der Waals surface area contributed by atoms with E-state index < -0.39 is 0 Å². The summed E-state index contributed by atoms with van der Waals surface area (Å²) in [5.74, 6) is 2.65. The van der Waals surface area contributed by atoms with Crippen LogP contribution in [-0.2, 0) is 0 Å². The predicted molar refractivity (Wildman–Crippen MR) is 76.3 cm³/mol. The summed E-state index contributed by atoms with van der Waals surface area (Å²) >= 11 is 3.48. The highest BCUT2D eigenvalue weighted by Gasteiger charge is 2.31. The maximum absolute atomic E-state index is 4.43. The van der Waals surface area contributed by atoms with Crippen LogP contribution in [0.1, 0.15) is 38.7 Å². The zero-order valence-electron chi connectivity index (χ0n) is 10.8. The van der Waals surface area contributed by atoms with Crippen LogP contribution in [0.5, 0.6) is 0 Å². The highest BCUT2D eigenvalue weighted by Crippen LogP contribution is 2.35. The van der Waals surface area contributed by atoms with Crippen LogP contribution in [0.15, 0.2) is 16.7 Å². The van der Waals surface area contributed by atoms with Crippen LogP contribution >= 0.6 is 15.9 Å². The van der Waals surface area contributed by atoms with Gasteiger partial charge in [-0.3, -0.25) is 0 Å². The molecule has 0 amide bonds. The molecule has 1 heterocycles. The highest BCUT2D eigenvalue weighted by molar-refractivity contribution is 9.10. The maximum atomic E-state index is 4.43. The van der Waals surface area contributed by atoms with Crippen LogP contribution in [0.25, 0.3) is 0 Å². The summed E-state index contributed by atoms with van der Waals surface area (Å²) in [5.41, 5.74) is 1.24. The number of hydrogen-bond donors (Lipinski definition) is 1. The second kappa shape index (κ2) is 5.38. The fourth-order valence-corrected chi connectivity index (χ4v) is 3.05. The number of nitrogens with zero attached hydrogens (tertiary/aromatic N) is 1. The number of rotatable bonds is 3. The fourth-order valence-electron chi connectivity index (χ4n) is 2.84. The summed E-state index contributed by atoms with van der Waals surface area (Å²) in [6.07, 6.45) is 5.81. The third kappa shape index (κ3) is 2.82. The van der Waals surface area contributed by atoms with Gasteiger partial charge in [0.05, 0.1) is 0 Å². The first-order valence-corrected chi connectivity index (χ1v) is 7.29. The minimum atomic E-state index is 0.591. The van der Waals surface area contributed by atoms with Gasteiger partial charge in [0, 0.05) is 16.7 Å². The molecule has 2 nitrogen and oxygen atoms in total. The zero-order chi connectivity index (χ0) is 12.4. The van der Waals surface area contributed by atoms with Gasteiger partial charge in [0.25, 0.3) is 0 Å². The van der Waals surface area contributed by atoms with Gasteiger partial charge in [-0.1, -0.05) is 20.3 Å². The highest BCUT2D eigenvalue weighted by atomic mass is 79.9. The van der Waals surface area contributed by atoms with E-state index in [1.54, 1.807) is 0 Å². The summed E-state index contributed by atoms with van der Waals surface area (Å²) < 4.78 is 1.08. The van der Waals surface area contributed by atoms with Gasteiger partial charge in [-0.25, -0.2) is 4.98 Å². The molecule has 0 radical (unpaired) electrons. The van der Waals surface area contributed by atoms with E-state index in [0.717, 1.165) is 22.1 Å². The van der Waals surface area contributed by atoms with Gasteiger partial charge in [-0.2, -0.15) is 0 Å². The number of anilines is 1. The van der Waals surface area contributed by atoms with Crippen LogP contribution in [0, 0.1) is 18.8 Å². The van der Waals surface area contributed by atoms with Crippen molar-refractivity contribution in [3.8, 4) is 0 Å². The van der Waals surface area contributed by atoms with Crippen LogP contribution in [-0.4, -0.2) is 11.0 Å². The maximum Gasteiger partial charge on any atom is 0.126 e. The minimum absolute atomic E-state index is 0.591. The Kier molecular flexibility index (Phi) is 4.08. The molecular formula is C14H21BrN2. The molecule has 1 aliphatic rings. The van der Waals surface area contributed by atoms with Crippen molar-refractivity contribution in [3.05, 3.63) is 22.3 Å². The first-order valence-electron chi connectivity index (χ1n) is 6.50. The molecule has 1 aliphatic carbocycles. The quantitative estimate of drug-likeness (QED) is 0.895. The molecule has 0 saturated heterocycles. The molecule has 3 atom stereocenters. The average molecular weight is 297 g/mol. The summed E-state index contributed by atoms with van der Waals surface area (Å²) in [7, 11) is 0. The molecule has 94 valence electrons. The Morgan fingerprint density at radius 2 is 2.24 bits per heavy atom. The third-order valence-electron chi connectivity index (χ3n) is 4.13. The molecule has 0 aliphatic heterocycles. The lowest BCUT2D eigenvalue weighted by Gasteiger charge is -2.21. The predicted octanol–water partition coefficient (Wildman–Crippen LogP) is 4.39. The van der Waals surface area contributed by atoms with Gasteiger partial charge < -0.3 is 5.32 Å². The molecule has 3 heteroatoms. The zero-order valence-corrected chi connectivity index (χ0v) is 12.4. The Balaban J connectivity index is 2.04. The van der Waals surface area contributed by atoms with Crippen LogP contribution in [0.3, 0.4) is 0 Å². The van der Waals surface area contributed by atoms with Crippen molar-refractivity contribution in [1.82, 2.24) is 4.98 Å². The molecule has 3 unspecified atom stereocenters. The minimum Gasteiger partial charge on any atom is -0.367 e. The van der Waals surface area contributed by atoms with Crippen molar-refractivity contribution in [2.45, 2.75) is 46.1 Å². The van der Waals surface area contributed by atoms with Gasteiger partial charge >= 0.3 is 0 Å². The van der Waals surface area contributed by atoms with Crippen molar-refractivity contribution in [3.63, 3.8) is 0 Å². The molecule has 1 N–H and O–H groups in total. The lowest BCUT2D eigenvalue weighted by Crippen LogP contribution is -2.25. The van der Waals surface area contributed by atoms with Gasteiger partial charge in [-0.15, -0.1) is 0 Å². The van der Waals surface area contributed by atoms with Crippen LogP contribution in [0.2, 0.25) is 0 Å². The second-order valence-electron chi connectivity index (χ2n) is 5.17. The lowest BCUT2D eigenvalue weighted by atomic mass is 9.93. The van der Waals surface area contributed by atoms with E-state index in [4.69, 9.17) is 0 Å². The summed E-state index contributed by atoms with van der Waals surface area (Å²) in [5, 5.41) is 3.59. The van der Waals surface area contributed by atoms with E-state index in [9.17, 15) is 0 Å². The molecule has 1 aromatic heterocycles. The van der Waals surface area contributed by atoms with E-state index in [2.05, 4.69) is 53.1 Å². The van der Waals surface area contributed by atoms with Crippen molar-refractivity contribution in [1.29, 1.82) is 0 Å². The number of halogens is 1. The Morgan fingerprint density at radius 3 is 2.82 bits per heavy atom. The largest absolute Gasteiger partial charge is 0.367 e. The van der Waals surface area contributed by atoms with Gasteiger partial charge in [0.2, 0.25) is 0 Å². The van der Waals surface area contributed by atoms with Gasteiger partial charge in [-0.05, 0) is 59.2 Å². The number of aryl methyl sites for hydroxylation is 1. The summed E-state index contributed by atoms with van der Waals surface area (Å²) in [4.78, 5) is 4.43. The van der Waals surface area contributed by atoms with E-state index in [0.29, 0.717) is 6.04 Å². The normalized spacial score (nSPS) is 28.4. The second-order valence-corrected chi connectivity index (χ2v) is 6.03. The first-order chi connectivity index (χ1) is 8.11. The molecule has 2 rings (SSSR count). The monoisotopic (exact) mass is 296 g/mol. The van der Waals surface area contributed by atoms with Gasteiger partial charge in [0.1, 0.15) is 5.82 Å². The number of aromatic nitrogens is 1. The first kappa shape index (κ1) is 12.9. The van der Waals surface area contributed by atoms with Crippen molar-refractivity contribution < 1.29 is 0 Å². The Hall–Kier alpha value is -0.570. The van der Waals surface area contributed by atoms with E-state index in [1.165, 1.54) is 24.8 Å². The molecule has 1 fully saturated rings. The Morgan fingerprint density at radius 1 is 1.47 bits per heavy atom. The molecule has 0 aromatic carbocycles. The molecular weight excluding hydrogens is 276 g/mol. The molecule has 0 bridgehead atoms. The lowest BCUT2D eigenvalue weighted by molar-refractivity contribution is 0.391. The van der Waals surface area contributed by atoms with E-state index >= 15 is 0 Å².